The normalized spacial score (nSPS) is 16.7. The second-order valence-electron chi connectivity index (χ2n) is 4.52. The van der Waals surface area contributed by atoms with Crippen LogP contribution in [0.15, 0.2) is 18.2 Å². The molecule has 1 aliphatic heterocycles. The summed E-state index contributed by atoms with van der Waals surface area (Å²) in [5.41, 5.74) is 1.13. The number of hydrogen-bond acceptors (Lipinski definition) is 3. The van der Waals surface area contributed by atoms with Gasteiger partial charge in [-0.05, 0) is 11.6 Å². The minimum Gasteiger partial charge on any atom is -0.481 e. The second kappa shape index (κ2) is 5.93. The fourth-order valence-corrected chi connectivity index (χ4v) is 2.11. The van der Waals surface area contributed by atoms with Crippen molar-refractivity contribution in [3.63, 3.8) is 0 Å². The predicted molar refractivity (Wildman–Crippen MR) is 65.9 cm³/mol. The van der Waals surface area contributed by atoms with Crippen molar-refractivity contribution >= 4 is 5.97 Å². The molecular weight excluding hydrogens is 235 g/mol. The van der Waals surface area contributed by atoms with Gasteiger partial charge in [0.1, 0.15) is 5.82 Å². The van der Waals surface area contributed by atoms with Gasteiger partial charge in [0.15, 0.2) is 0 Å². The van der Waals surface area contributed by atoms with Gasteiger partial charge in [-0.2, -0.15) is 0 Å². The Morgan fingerprint density at radius 2 is 2.11 bits per heavy atom. The predicted octanol–water partition coefficient (Wildman–Crippen LogP) is 0.858. The Morgan fingerprint density at radius 1 is 1.39 bits per heavy atom. The maximum atomic E-state index is 13.8. The zero-order chi connectivity index (χ0) is 13.0. The first-order valence-electron chi connectivity index (χ1n) is 6.07. The largest absolute Gasteiger partial charge is 0.481 e. The lowest BCUT2D eigenvalue weighted by molar-refractivity contribution is -0.136. The molecule has 1 aliphatic rings. The van der Waals surface area contributed by atoms with Crippen molar-refractivity contribution in [1.82, 2.24) is 10.2 Å². The van der Waals surface area contributed by atoms with Crippen LogP contribution in [0.3, 0.4) is 0 Å². The third-order valence-electron chi connectivity index (χ3n) is 3.08. The van der Waals surface area contributed by atoms with Gasteiger partial charge in [0.25, 0.3) is 0 Å². The number of benzene rings is 1. The van der Waals surface area contributed by atoms with Crippen molar-refractivity contribution in [2.24, 2.45) is 0 Å². The number of hydrogen-bond donors (Lipinski definition) is 2. The van der Waals surface area contributed by atoms with Crippen LogP contribution in [0.4, 0.5) is 4.39 Å². The number of piperazine rings is 1. The lowest BCUT2D eigenvalue weighted by Gasteiger charge is -2.27. The van der Waals surface area contributed by atoms with E-state index < -0.39 is 5.97 Å². The molecule has 0 aliphatic carbocycles. The molecule has 0 radical (unpaired) electrons. The molecule has 0 unspecified atom stereocenters. The first kappa shape index (κ1) is 13.0. The maximum Gasteiger partial charge on any atom is 0.307 e. The van der Waals surface area contributed by atoms with E-state index in [1.807, 2.05) is 0 Å². The van der Waals surface area contributed by atoms with Gasteiger partial charge in [0.2, 0.25) is 0 Å². The van der Waals surface area contributed by atoms with E-state index in [1.165, 1.54) is 6.07 Å². The molecule has 1 heterocycles. The molecule has 2 rings (SSSR count). The molecule has 98 valence electrons. The summed E-state index contributed by atoms with van der Waals surface area (Å²) in [6, 6.07) is 4.70. The Balaban J connectivity index is 2.02. The summed E-state index contributed by atoms with van der Waals surface area (Å²) < 4.78 is 13.8. The fourth-order valence-electron chi connectivity index (χ4n) is 2.11. The third kappa shape index (κ3) is 3.51. The van der Waals surface area contributed by atoms with Crippen LogP contribution in [-0.4, -0.2) is 42.2 Å². The van der Waals surface area contributed by atoms with E-state index in [0.29, 0.717) is 17.7 Å². The van der Waals surface area contributed by atoms with Crippen LogP contribution in [0.2, 0.25) is 0 Å². The summed E-state index contributed by atoms with van der Waals surface area (Å²) in [6.45, 7) is 4.27. The molecule has 0 spiro atoms. The van der Waals surface area contributed by atoms with E-state index in [2.05, 4.69) is 10.2 Å². The van der Waals surface area contributed by atoms with Crippen LogP contribution < -0.4 is 5.32 Å². The van der Waals surface area contributed by atoms with Crippen molar-refractivity contribution in [1.29, 1.82) is 0 Å². The van der Waals surface area contributed by atoms with Crippen molar-refractivity contribution in [3.8, 4) is 0 Å². The number of nitrogens with zero attached hydrogens (tertiary/aromatic N) is 1. The van der Waals surface area contributed by atoms with Crippen molar-refractivity contribution < 1.29 is 14.3 Å². The zero-order valence-corrected chi connectivity index (χ0v) is 10.2. The zero-order valence-electron chi connectivity index (χ0n) is 10.2. The van der Waals surface area contributed by atoms with Crippen molar-refractivity contribution in [2.45, 2.75) is 13.0 Å². The minimum atomic E-state index is -0.941. The fraction of sp³-hybridized carbons (Fsp3) is 0.462. The number of aliphatic carboxylic acids is 1. The van der Waals surface area contributed by atoms with E-state index in [9.17, 15) is 9.18 Å². The molecule has 1 fully saturated rings. The van der Waals surface area contributed by atoms with E-state index in [-0.39, 0.29) is 12.2 Å². The molecular formula is C13H17FN2O2. The molecule has 1 aromatic carbocycles. The Bertz CT molecular complexity index is 431. The number of carboxylic acids is 1. The lowest BCUT2D eigenvalue weighted by atomic mass is 10.1. The van der Waals surface area contributed by atoms with Gasteiger partial charge in [-0.1, -0.05) is 12.1 Å². The highest BCUT2D eigenvalue weighted by Gasteiger charge is 2.13. The number of halogens is 1. The molecule has 0 bridgehead atoms. The van der Waals surface area contributed by atoms with Gasteiger partial charge in [0.05, 0.1) is 6.42 Å². The Morgan fingerprint density at radius 3 is 2.72 bits per heavy atom. The smallest absolute Gasteiger partial charge is 0.307 e. The topological polar surface area (TPSA) is 52.6 Å². The highest BCUT2D eigenvalue weighted by molar-refractivity contribution is 5.70. The van der Waals surface area contributed by atoms with Gasteiger partial charge in [0, 0.05) is 38.3 Å². The molecule has 5 heteroatoms. The average Bonchev–Trinajstić information content (AvgIpc) is 2.33. The van der Waals surface area contributed by atoms with Gasteiger partial charge in [-0.3, -0.25) is 9.69 Å². The Kier molecular flexibility index (Phi) is 4.28. The number of rotatable bonds is 4. The second-order valence-corrected chi connectivity index (χ2v) is 4.52. The third-order valence-corrected chi connectivity index (χ3v) is 3.08. The van der Waals surface area contributed by atoms with Crippen LogP contribution in [-0.2, 0) is 17.8 Å². The quantitative estimate of drug-likeness (QED) is 0.834. The average molecular weight is 252 g/mol. The molecule has 0 aromatic heterocycles. The SMILES string of the molecule is O=C(O)Cc1ccc(CN2CCNCC2)c(F)c1. The standard InChI is InChI=1S/C13H17FN2O2/c14-12-7-10(8-13(17)18)1-2-11(12)9-16-5-3-15-4-6-16/h1-2,7,15H,3-6,8-9H2,(H,17,18). The molecule has 18 heavy (non-hydrogen) atoms. The van der Waals surface area contributed by atoms with E-state index in [1.54, 1.807) is 12.1 Å². The number of carboxylic acid groups (broad SMARTS) is 1. The molecule has 0 amide bonds. The van der Waals surface area contributed by atoms with Crippen molar-refractivity contribution in [2.75, 3.05) is 26.2 Å². The Hall–Kier alpha value is -1.46. The summed E-state index contributed by atoms with van der Waals surface area (Å²) in [5.74, 6) is -1.25. The van der Waals surface area contributed by atoms with Gasteiger partial charge in [-0.25, -0.2) is 4.39 Å². The van der Waals surface area contributed by atoms with Crippen molar-refractivity contribution in [3.05, 3.63) is 35.1 Å². The van der Waals surface area contributed by atoms with E-state index >= 15 is 0 Å². The molecule has 0 saturated carbocycles. The molecule has 1 aromatic rings. The van der Waals surface area contributed by atoms with Gasteiger partial charge in [-0.15, -0.1) is 0 Å². The van der Waals surface area contributed by atoms with Crippen LogP contribution in [0.5, 0.6) is 0 Å². The van der Waals surface area contributed by atoms with E-state index in [4.69, 9.17) is 5.11 Å². The molecule has 0 atom stereocenters. The highest BCUT2D eigenvalue weighted by Crippen LogP contribution is 2.14. The summed E-state index contributed by atoms with van der Waals surface area (Å²) in [7, 11) is 0. The van der Waals surface area contributed by atoms with Gasteiger partial charge < -0.3 is 10.4 Å². The van der Waals surface area contributed by atoms with Crippen LogP contribution >= 0.6 is 0 Å². The molecule has 2 N–H and O–H groups in total. The Labute approximate surface area is 105 Å². The minimum absolute atomic E-state index is 0.134. The summed E-state index contributed by atoms with van der Waals surface area (Å²) in [5, 5.41) is 11.9. The number of carbonyl (C=O) groups is 1. The first-order chi connectivity index (χ1) is 8.65. The van der Waals surface area contributed by atoms with Crippen LogP contribution in [0, 0.1) is 5.82 Å². The first-order valence-corrected chi connectivity index (χ1v) is 6.07. The molecule has 1 saturated heterocycles. The van der Waals surface area contributed by atoms with Gasteiger partial charge >= 0.3 is 5.97 Å². The summed E-state index contributed by atoms with van der Waals surface area (Å²) >= 11 is 0. The molecule has 4 nitrogen and oxygen atoms in total. The maximum absolute atomic E-state index is 13.8. The lowest BCUT2D eigenvalue weighted by Crippen LogP contribution is -2.43. The number of nitrogens with one attached hydrogen (secondary N) is 1. The summed E-state index contributed by atoms with van der Waals surface area (Å²) in [4.78, 5) is 12.7. The van der Waals surface area contributed by atoms with E-state index in [0.717, 1.165) is 26.2 Å². The summed E-state index contributed by atoms with van der Waals surface area (Å²) in [6.07, 6.45) is -0.134. The monoisotopic (exact) mass is 252 g/mol. The van der Waals surface area contributed by atoms with Crippen LogP contribution in [0.25, 0.3) is 0 Å². The van der Waals surface area contributed by atoms with Crippen LogP contribution in [0.1, 0.15) is 11.1 Å². The highest BCUT2D eigenvalue weighted by atomic mass is 19.1.